The number of halogens is 1. The van der Waals surface area contributed by atoms with E-state index in [-0.39, 0.29) is 0 Å². The summed E-state index contributed by atoms with van der Waals surface area (Å²) in [6.45, 7) is 5.78. The second-order valence-electron chi connectivity index (χ2n) is 5.19. The van der Waals surface area contributed by atoms with Crippen LogP contribution >= 0.6 is 27.3 Å². The topological polar surface area (TPSA) is 12.0 Å². The summed E-state index contributed by atoms with van der Waals surface area (Å²) in [5.41, 5.74) is 0. The van der Waals surface area contributed by atoms with E-state index in [1.165, 1.54) is 28.6 Å². The Morgan fingerprint density at radius 3 is 2.56 bits per heavy atom. The molecule has 0 bridgehead atoms. The lowest BCUT2D eigenvalue weighted by molar-refractivity contribution is 0.238. The molecule has 16 heavy (non-hydrogen) atoms. The van der Waals surface area contributed by atoms with Crippen molar-refractivity contribution < 1.29 is 0 Å². The highest BCUT2D eigenvalue weighted by Crippen LogP contribution is 2.29. The summed E-state index contributed by atoms with van der Waals surface area (Å²) >= 11 is 5.42. The summed E-state index contributed by atoms with van der Waals surface area (Å²) in [4.78, 5) is 1.42. The minimum atomic E-state index is 0.716. The van der Waals surface area contributed by atoms with Crippen molar-refractivity contribution in [1.82, 2.24) is 5.32 Å². The molecule has 1 aromatic rings. The van der Waals surface area contributed by atoms with Crippen LogP contribution in [0.25, 0.3) is 0 Å². The smallest absolute Gasteiger partial charge is 0.0327 e. The minimum Gasteiger partial charge on any atom is -0.309 e. The summed E-state index contributed by atoms with van der Waals surface area (Å²) < 4.78 is 1.25. The SMILES string of the molecule is CC1CC(C)CC(NCc2sccc2Br)C1. The first-order chi connectivity index (χ1) is 7.65. The van der Waals surface area contributed by atoms with Gasteiger partial charge in [-0.05, 0) is 58.5 Å². The van der Waals surface area contributed by atoms with Crippen LogP contribution in [0.1, 0.15) is 38.0 Å². The molecule has 0 radical (unpaired) electrons. The van der Waals surface area contributed by atoms with E-state index >= 15 is 0 Å². The van der Waals surface area contributed by atoms with Crippen molar-refractivity contribution in [3.63, 3.8) is 0 Å². The zero-order valence-electron chi connectivity index (χ0n) is 10.0. The van der Waals surface area contributed by atoms with Crippen molar-refractivity contribution in [3.8, 4) is 0 Å². The molecule has 1 fully saturated rings. The Hall–Kier alpha value is 0.140. The number of nitrogens with one attached hydrogen (secondary N) is 1. The van der Waals surface area contributed by atoms with Gasteiger partial charge in [-0.2, -0.15) is 0 Å². The molecule has 0 amide bonds. The Balaban J connectivity index is 1.84. The molecule has 3 heteroatoms. The van der Waals surface area contributed by atoms with E-state index in [4.69, 9.17) is 0 Å². The third-order valence-corrected chi connectivity index (χ3v) is 5.35. The second kappa shape index (κ2) is 5.65. The number of hydrogen-bond acceptors (Lipinski definition) is 2. The van der Waals surface area contributed by atoms with Crippen LogP contribution in [-0.2, 0) is 6.54 Å². The van der Waals surface area contributed by atoms with E-state index in [0.29, 0.717) is 6.04 Å². The van der Waals surface area contributed by atoms with Crippen LogP contribution in [0.3, 0.4) is 0 Å². The van der Waals surface area contributed by atoms with Crippen LogP contribution in [0.2, 0.25) is 0 Å². The van der Waals surface area contributed by atoms with Crippen molar-refractivity contribution in [3.05, 3.63) is 20.8 Å². The lowest BCUT2D eigenvalue weighted by Gasteiger charge is -2.32. The predicted octanol–water partition coefficient (Wildman–Crippen LogP) is 4.42. The van der Waals surface area contributed by atoms with Gasteiger partial charge in [0.05, 0.1) is 0 Å². The Labute approximate surface area is 111 Å². The predicted molar refractivity (Wildman–Crippen MR) is 74.8 cm³/mol. The highest BCUT2D eigenvalue weighted by atomic mass is 79.9. The Morgan fingerprint density at radius 2 is 2.00 bits per heavy atom. The molecule has 90 valence electrons. The van der Waals surface area contributed by atoms with Gasteiger partial charge in [0.25, 0.3) is 0 Å². The van der Waals surface area contributed by atoms with Gasteiger partial charge in [-0.1, -0.05) is 13.8 Å². The second-order valence-corrected chi connectivity index (χ2v) is 7.04. The highest BCUT2D eigenvalue weighted by Gasteiger charge is 2.23. The molecule has 0 aliphatic heterocycles. The highest BCUT2D eigenvalue weighted by molar-refractivity contribution is 9.10. The lowest BCUT2D eigenvalue weighted by atomic mass is 9.80. The molecule has 1 N–H and O–H groups in total. The molecular weight excluding hydrogens is 282 g/mol. The van der Waals surface area contributed by atoms with Gasteiger partial charge in [-0.25, -0.2) is 0 Å². The molecule has 0 aromatic carbocycles. The first kappa shape index (κ1) is 12.6. The number of thiophene rings is 1. The van der Waals surface area contributed by atoms with Crippen LogP contribution in [0.15, 0.2) is 15.9 Å². The van der Waals surface area contributed by atoms with Crippen molar-refractivity contribution >= 4 is 27.3 Å². The van der Waals surface area contributed by atoms with Gasteiger partial charge in [0.1, 0.15) is 0 Å². The van der Waals surface area contributed by atoms with Gasteiger partial charge >= 0.3 is 0 Å². The largest absolute Gasteiger partial charge is 0.309 e. The van der Waals surface area contributed by atoms with Crippen LogP contribution in [0.4, 0.5) is 0 Å². The molecule has 1 aliphatic carbocycles. The van der Waals surface area contributed by atoms with E-state index < -0.39 is 0 Å². The third-order valence-electron chi connectivity index (χ3n) is 3.42. The van der Waals surface area contributed by atoms with Crippen LogP contribution in [-0.4, -0.2) is 6.04 Å². The molecule has 2 unspecified atom stereocenters. The van der Waals surface area contributed by atoms with Crippen LogP contribution in [0, 0.1) is 11.8 Å². The first-order valence-corrected chi connectivity index (χ1v) is 7.77. The zero-order valence-corrected chi connectivity index (χ0v) is 12.4. The van der Waals surface area contributed by atoms with Crippen molar-refractivity contribution in [2.24, 2.45) is 11.8 Å². The van der Waals surface area contributed by atoms with Crippen molar-refractivity contribution in [2.75, 3.05) is 0 Å². The van der Waals surface area contributed by atoms with Crippen LogP contribution in [0.5, 0.6) is 0 Å². The van der Waals surface area contributed by atoms with Crippen LogP contribution < -0.4 is 5.32 Å². The molecule has 2 rings (SSSR count). The van der Waals surface area contributed by atoms with Gasteiger partial charge in [-0.15, -0.1) is 11.3 Å². The molecule has 0 spiro atoms. The van der Waals surface area contributed by atoms with Crippen molar-refractivity contribution in [2.45, 2.75) is 45.7 Å². The fourth-order valence-corrected chi connectivity index (χ4v) is 4.25. The van der Waals surface area contributed by atoms with Crippen molar-refractivity contribution in [1.29, 1.82) is 0 Å². The van der Waals surface area contributed by atoms with Gasteiger partial charge in [0, 0.05) is 21.9 Å². The van der Waals surface area contributed by atoms with Gasteiger partial charge < -0.3 is 5.32 Å². The quantitative estimate of drug-likeness (QED) is 0.871. The van der Waals surface area contributed by atoms with Gasteiger partial charge in [-0.3, -0.25) is 0 Å². The fourth-order valence-electron chi connectivity index (χ4n) is 2.80. The Kier molecular flexibility index (Phi) is 4.45. The van der Waals surface area contributed by atoms with Gasteiger partial charge in [0.15, 0.2) is 0 Å². The molecule has 1 aromatic heterocycles. The molecule has 1 aliphatic rings. The molecule has 1 nitrogen and oxygen atoms in total. The Bertz CT molecular complexity index is 326. The van der Waals surface area contributed by atoms with E-state index in [1.54, 1.807) is 0 Å². The first-order valence-electron chi connectivity index (χ1n) is 6.10. The molecule has 1 saturated carbocycles. The monoisotopic (exact) mass is 301 g/mol. The zero-order chi connectivity index (χ0) is 11.5. The maximum Gasteiger partial charge on any atom is 0.0327 e. The average Bonchev–Trinajstić information content (AvgIpc) is 2.59. The summed E-state index contributed by atoms with van der Waals surface area (Å²) in [6, 6.07) is 2.85. The van der Waals surface area contributed by atoms with Gasteiger partial charge in [0.2, 0.25) is 0 Å². The number of hydrogen-bond donors (Lipinski definition) is 1. The number of rotatable bonds is 3. The molecule has 0 saturated heterocycles. The summed E-state index contributed by atoms with van der Waals surface area (Å²) in [5, 5.41) is 5.85. The van der Waals surface area contributed by atoms with E-state index in [1.807, 2.05) is 11.3 Å². The standard InChI is InChI=1S/C13H20BrNS/c1-9-5-10(2)7-11(6-9)15-8-13-12(14)3-4-16-13/h3-4,9-11,15H,5-8H2,1-2H3. The molecular formula is C13H20BrNS. The van der Waals surface area contributed by atoms with E-state index in [2.05, 4.69) is 46.5 Å². The maximum atomic E-state index is 3.71. The molecule has 1 heterocycles. The fraction of sp³-hybridized carbons (Fsp3) is 0.692. The van der Waals surface area contributed by atoms with E-state index in [0.717, 1.165) is 18.4 Å². The average molecular weight is 302 g/mol. The summed E-state index contributed by atoms with van der Waals surface area (Å²) in [6.07, 6.45) is 4.08. The minimum absolute atomic E-state index is 0.716. The van der Waals surface area contributed by atoms with E-state index in [9.17, 15) is 0 Å². The lowest BCUT2D eigenvalue weighted by Crippen LogP contribution is -2.35. The third kappa shape index (κ3) is 3.31. The summed E-state index contributed by atoms with van der Waals surface area (Å²) in [7, 11) is 0. The maximum absolute atomic E-state index is 3.71. The summed E-state index contributed by atoms with van der Waals surface area (Å²) in [5.74, 6) is 1.76. The Morgan fingerprint density at radius 1 is 1.31 bits per heavy atom. The normalized spacial score (nSPS) is 30.6. The molecule has 2 atom stereocenters.